The lowest BCUT2D eigenvalue weighted by Gasteiger charge is -2.35. The van der Waals surface area contributed by atoms with Gasteiger partial charge in [0.25, 0.3) is 35.4 Å². The number of rotatable bonds is 26. The molecule has 43 nitrogen and oxygen atoms in total. The molecule has 4 aromatic carbocycles. The van der Waals surface area contributed by atoms with Gasteiger partial charge in [0.15, 0.2) is 23.0 Å². The Morgan fingerprint density at radius 2 is 0.941 bits per heavy atom. The van der Waals surface area contributed by atoms with Crippen molar-refractivity contribution in [3.63, 3.8) is 0 Å². The summed E-state index contributed by atoms with van der Waals surface area (Å²) < 4.78 is 52.0. The van der Waals surface area contributed by atoms with E-state index < -0.39 is 188 Å². The van der Waals surface area contributed by atoms with Gasteiger partial charge in [0, 0.05) is 140 Å². The number of carbonyl (C=O) groups is 18. The van der Waals surface area contributed by atoms with Gasteiger partial charge in [0.1, 0.15) is 50.5 Å². The van der Waals surface area contributed by atoms with Crippen LogP contribution in [0.5, 0.6) is 23.0 Å². The molecule has 14 rings (SSSR count). The van der Waals surface area contributed by atoms with Gasteiger partial charge >= 0.3 is 12.2 Å². The van der Waals surface area contributed by atoms with E-state index in [1.165, 1.54) is 106 Å². The van der Waals surface area contributed by atoms with Gasteiger partial charge in [-0.1, -0.05) is 48.6 Å². The van der Waals surface area contributed by atoms with Crippen molar-refractivity contribution in [1.29, 1.82) is 0 Å². The number of hydrogen-bond acceptors (Lipinski definition) is 27. The van der Waals surface area contributed by atoms with Crippen LogP contribution in [0.3, 0.4) is 0 Å². The molecule has 43 heteroatoms. The van der Waals surface area contributed by atoms with Crippen LogP contribution in [0.4, 0.5) is 32.3 Å². The molecule has 0 radical (unpaired) electrons. The standard InChI is InChI=1S/C93H114N16O27/c1-55-42-64-50-106-70-46-74(72(130-8)44-65(70)90(124)104(64)48-55)133-37-13-38-134-75-47-71-66(45-73(75)131-9)91(125)105-49-56(2)43-69(105)59(5)109(71)93(127)136-54-61-16-20-63(21-17-61)99-88(122)67(22-24-76(110)94-32-11-10-12-36-128-6)100-86(120)57(3)96-78(112)51-107(84(118)30-34-102-80(114)26-27-81(102)115)108(85(119)31-35-103-82(116)28-29-83(103)117)52-79(113)97-58(4)87(121)101-68(23-25-77(111)95-33-39-132-41-40-129-7)89(123)98-62-18-14-60(15-19-62)53-135-92(106)126/h14-21,26-29,44-47,57-59,64,67-69H,1-2,10-13,22-25,30-43,48-54H2,3-9H3,(H,94,110)(H,95,111)(H,96,112)(H,97,113)(H,98,123)(H,99,122)(H,100,120)(H,101,121)/t57-,58-,59?,64-,67-,68-,69-/m0/s1. The number of nitrogens with zero attached hydrogens (tertiary/aromatic N) is 8. The number of anilines is 4. The number of amides is 18. The fourth-order valence-electron chi connectivity index (χ4n) is 16.0. The molecule has 0 saturated carbocycles. The van der Waals surface area contributed by atoms with Gasteiger partial charge in [-0.2, -0.15) is 0 Å². The van der Waals surface area contributed by atoms with E-state index in [-0.39, 0.29) is 168 Å². The quantitative estimate of drug-likeness (QED) is 0.0254. The number of unbranched alkanes of at least 4 members (excludes halogenated alkanes) is 2. The summed E-state index contributed by atoms with van der Waals surface area (Å²) in [5, 5.41) is 21.7. The Morgan fingerprint density at radius 3 is 1.44 bits per heavy atom. The van der Waals surface area contributed by atoms with Crippen molar-refractivity contribution in [3.05, 3.63) is 144 Å². The van der Waals surface area contributed by atoms with E-state index in [0.29, 0.717) is 56.8 Å². The second-order valence-electron chi connectivity index (χ2n) is 33.2. The van der Waals surface area contributed by atoms with Gasteiger partial charge in [0.2, 0.25) is 59.1 Å². The maximum atomic E-state index is 14.9. The zero-order valence-electron chi connectivity index (χ0n) is 76.8. The first-order chi connectivity index (χ1) is 65.2. The van der Waals surface area contributed by atoms with E-state index in [1.807, 2.05) is 0 Å². The molecule has 18 amide bonds. The van der Waals surface area contributed by atoms with Crippen molar-refractivity contribution >= 4 is 129 Å². The van der Waals surface area contributed by atoms with E-state index >= 15 is 0 Å². The summed E-state index contributed by atoms with van der Waals surface area (Å²) in [5.41, 5.74) is 3.09. The van der Waals surface area contributed by atoms with Gasteiger partial charge in [-0.15, -0.1) is 0 Å². The first-order valence-electron chi connectivity index (χ1n) is 44.6. The Bertz CT molecular complexity index is 5200. The first kappa shape index (κ1) is 102. The number of hydrogen-bond donors (Lipinski definition) is 8. The van der Waals surface area contributed by atoms with Crippen molar-refractivity contribution in [1.82, 2.24) is 61.5 Å². The number of benzene rings is 4. The summed E-state index contributed by atoms with van der Waals surface area (Å²) in [6.45, 7) is 9.65. The van der Waals surface area contributed by atoms with Crippen LogP contribution in [-0.4, -0.2) is 306 Å². The predicted molar refractivity (Wildman–Crippen MR) is 485 cm³/mol. The molecule has 7 atom stereocenters. The Labute approximate surface area is 783 Å². The maximum absolute atomic E-state index is 14.9. The summed E-state index contributed by atoms with van der Waals surface area (Å²) in [6.07, 6.45) is 1.86. The van der Waals surface area contributed by atoms with Crippen molar-refractivity contribution in [2.45, 2.75) is 153 Å². The Kier molecular flexibility index (Phi) is 36.2. The van der Waals surface area contributed by atoms with E-state index in [4.69, 9.17) is 42.6 Å². The molecule has 8 bridgehead atoms. The molecule has 2 fully saturated rings. The minimum atomic E-state index is -1.65. The van der Waals surface area contributed by atoms with Crippen LogP contribution in [0.15, 0.2) is 121 Å². The topological polar surface area (TPSA) is 512 Å². The number of imide groups is 2. The van der Waals surface area contributed by atoms with Crippen LogP contribution in [0.1, 0.15) is 130 Å². The molecule has 10 aliphatic rings. The Hall–Kier alpha value is -14.6. The van der Waals surface area contributed by atoms with Gasteiger partial charge < -0.3 is 95.0 Å². The van der Waals surface area contributed by atoms with Crippen molar-refractivity contribution in [2.24, 2.45) is 0 Å². The maximum Gasteiger partial charge on any atom is 0.414 e. The van der Waals surface area contributed by atoms with E-state index in [1.54, 1.807) is 36.0 Å². The van der Waals surface area contributed by atoms with Crippen molar-refractivity contribution in [2.75, 3.05) is 147 Å². The van der Waals surface area contributed by atoms with Gasteiger partial charge in [-0.25, -0.2) is 19.6 Å². The highest BCUT2D eigenvalue weighted by Crippen LogP contribution is 2.44. The number of fused-ring (bicyclic) bond motifs is 2. The molecule has 0 aromatic heterocycles. The number of methoxy groups -OCH3 is 4. The highest BCUT2D eigenvalue weighted by Gasteiger charge is 2.47. The van der Waals surface area contributed by atoms with Crippen LogP contribution in [0.25, 0.3) is 0 Å². The lowest BCUT2D eigenvalue weighted by molar-refractivity contribution is -0.168. The molecule has 728 valence electrons. The average Bonchev–Trinajstić information content (AvgIpc) is 1.62. The third-order valence-electron chi connectivity index (χ3n) is 23.3. The summed E-state index contributed by atoms with van der Waals surface area (Å²) >= 11 is 0. The van der Waals surface area contributed by atoms with Crippen LogP contribution < -0.4 is 71.3 Å². The van der Waals surface area contributed by atoms with Crippen LogP contribution in [0, 0.1) is 0 Å². The first-order valence-corrected chi connectivity index (χ1v) is 44.6. The van der Waals surface area contributed by atoms with E-state index in [2.05, 4.69) is 55.7 Å². The summed E-state index contributed by atoms with van der Waals surface area (Å²) in [6, 6.07) is 9.82. The molecular weight excluding hydrogens is 1770 g/mol. The monoisotopic (exact) mass is 1890 g/mol. The largest absolute Gasteiger partial charge is 0.493 e. The number of hydrazine groups is 1. The predicted octanol–water partition coefficient (Wildman–Crippen LogP) is 3.14. The third kappa shape index (κ3) is 26.9. The van der Waals surface area contributed by atoms with E-state index in [0.717, 1.165) is 48.3 Å². The number of ether oxygens (including phenoxy) is 9. The minimum Gasteiger partial charge on any atom is -0.493 e. The number of carbonyl (C=O) groups excluding carboxylic acids is 18. The highest BCUT2D eigenvalue weighted by molar-refractivity contribution is 6.14. The molecule has 10 heterocycles. The normalized spacial score (nSPS) is 20.9. The second kappa shape index (κ2) is 48.3. The molecule has 8 N–H and O–H groups in total. The lowest BCUT2D eigenvalue weighted by atomic mass is 10.0. The molecular formula is C93H114N16O27. The fourth-order valence-corrected chi connectivity index (χ4v) is 16.0. The molecule has 136 heavy (non-hydrogen) atoms. The van der Waals surface area contributed by atoms with Gasteiger partial charge in [-0.3, -0.25) is 96.3 Å². The van der Waals surface area contributed by atoms with Crippen LogP contribution in [-0.2, 0) is 104 Å². The zero-order valence-corrected chi connectivity index (χ0v) is 76.8. The molecule has 10 aliphatic heterocycles. The molecule has 1 unspecified atom stereocenters. The minimum absolute atomic E-state index is 0.0304. The molecule has 0 aliphatic carbocycles. The third-order valence-corrected chi connectivity index (χ3v) is 23.3. The summed E-state index contributed by atoms with van der Waals surface area (Å²) in [7, 11) is 5.83. The van der Waals surface area contributed by atoms with Crippen molar-refractivity contribution in [3.8, 4) is 23.0 Å². The van der Waals surface area contributed by atoms with Gasteiger partial charge in [0.05, 0.1) is 94.4 Å². The summed E-state index contributed by atoms with van der Waals surface area (Å²) in [4.78, 5) is 261. The summed E-state index contributed by atoms with van der Waals surface area (Å²) in [5.74, 6) is -13.4. The molecule has 2 saturated heterocycles. The Morgan fingerprint density at radius 1 is 0.478 bits per heavy atom. The Balaban J connectivity index is 0.907. The van der Waals surface area contributed by atoms with Crippen LogP contribution >= 0.6 is 0 Å². The second-order valence-corrected chi connectivity index (χ2v) is 33.2. The smallest absolute Gasteiger partial charge is 0.414 e. The zero-order chi connectivity index (χ0) is 98.0. The number of nitrogens with one attached hydrogen (secondary N) is 8. The average molecular weight is 1890 g/mol. The fraction of sp³-hybridized carbons (Fsp3) is 0.462. The molecule has 4 aromatic rings. The van der Waals surface area contributed by atoms with Crippen molar-refractivity contribution < 1.29 is 129 Å². The lowest BCUT2D eigenvalue weighted by Crippen LogP contribution is -2.59. The SMILES string of the molecule is C=C1C[C@H]2CN3C(=O)OCc4ccc(cc4)NC(=O)[C@H](CCC(=O)NCCOCCOC)NC(=O)[C@H](C)NC(=O)CN(C(=O)CCN4C(=O)C=CC4=O)N(C(=O)CCN4C(=O)C=CC4=O)CC(=O)N[C@@H](C)C(=O)N[C@@H](CCC(=O)NCCCCCOC)C(=O)Nc4ccc(cc4)COC(=O)N4c5cc(c(OC)cc5C(=O)N5CC(=C)C[C@H]5C4C)OCCCOc4cc3c(cc4OC)C(=O)N2C1. The van der Waals surface area contributed by atoms with Gasteiger partial charge in [-0.05, 0) is 113 Å². The van der Waals surface area contributed by atoms with E-state index in [9.17, 15) is 86.3 Å². The highest BCUT2D eigenvalue weighted by atomic mass is 16.6. The van der Waals surface area contributed by atoms with Crippen LogP contribution in [0.2, 0.25) is 0 Å². The molecule has 0 spiro atoms.